The van der Waals surface area contributed by atoms with Gasteiger partial charge in [0.1, 0.15) is 22.9 Å². The molecule has 7 heteroatoms. The summed E-state index contributed by atoms with van der Waals surface area (Å²) in [5.74, 6) is -3.27. The number of carbonyl (C=O) groups excluding carboxylic acids is 2. The number of primary amides is 1. The summed E-state index contributed by atoms with van der Waals surface area (Å²) in [6.07, 6.45) is 2.15. The average Bonchev–Trinajstić information content (AvgIpc) is 2.46. The second-order valence-corrected chi connectivity index (χ2v) is 5.28. The van der Waals surface area contributed by atoms with E-state index >= 15 is 0 Å². The molecule has 0 aromatic heterocycles. The lowest BCUT2D eigenvalue weighted by atomic mass is 9.97. The van der Waals surface area contributed by atoms with Gasteiger partial charge in [0.05, 0.1) is 7.11 Å². The minimum atomic E-state index is -0.981. The number of piperidine rings is 1. The van der Waals surface area contributed by atoms with Crippen molar-refractivity contribution in [2.45, 2.75) is 31.7 Å². The maximum absolute atomic E-state index is 14.0. The fourth-order valence-corrected chi connectivity index (χ4v) is 2.73. The minimum absolute atomic E-state index is 0.00104. The van der Waals surface area contributed by atoms with E-state index in [0.717, 1.165) is 25.0 Å². The van der Waals surface area contributed by atoms with Crippen molar-refractivity contribution in [2.75, 3.05) is 13.7 Å². The van der Waals surface area contributed by atoms with E-state index in [4.69, 9.17) is 10.5 Å². The number of likely N-dealkylation sites (tertiary alicyclic amines) is 1. The molecule has 1 heterocycles. The Balaban J connectivity index is 2.31. The molecule has 22 heavy (non-hydrogen) atoms. The Morgan fingerprint density at radius 1 is 1.32 bits per heavy atom. The number of halogens is 2. The first-order valence-electron chi connectivity index (χ1n) is 7.06. The molecule has 0 saturated carbocycles. The number of methoxy groups -OCH3 is 1. The van der Waals surface area contributed by atoms with Crippen LogP contribution in [0.3, 0.4) is 0 Å². The van der Waals surface area contributed by atoms with Crippen LogP contribution in [0.4, 0.5) is 8.78 Å². The third-order valence-corrected chi connectivity index (χ3v) is 3.79. The van der Waals surface area contributed by atoms with Gasteiger partial charge in [-0.15, -0.1) is 0 Å². The number of hydrogen-bond donors (Lipinski definition) is 1. The number of benzene rings is 1. The summed E-state index contributed by atoms with van der Waals surface area (Å²) in [4.78, 5) is 24.9. The zero-order valence-corrected chi connectivity index (χ0v) is 12.3. The Labute approximate surface area is 127 Å². The molecular formula is C15H18F2N2O3. The van der Waals surface area contributed by atoms with Crippen molar-refractivity contribution in [1.82, 2.24) is 4.90 Å². The summed E-state index contributed by atoms with van der Waals surface area (Å²) in [6.45, 7) is 0.349. The maximum atomic E-state index is 14.0. The van der Waals surface area contributed by atoms with Gasteiger partial charge in [0, 0.05) is 31.1 Å². The number of ether oxygens (including phenoxy) is 1. The molecule has 2 N–H and O–H groups in total. The van der Waals surface area contributed by atoms with Crippen LogP contribution in [0.1, 0.15) is 36.0 Å². The molecule has 1 fully saturated rings. The molecule has 0 bridgehead atoms. The fourth-order valence-electron chi connectivity index (χ4n) is 2.73. The van der Waals surface area contributed by atoms with Gasteiger partial charge < -0.3 is 15.4 Å². The lowest BCUT2D eigenvalue weighted by molar-refractivity contribution is -0.119. The highest BCUT2D eigenvalue weighted by molar-refractivity contribution is 5.95. The third-order valence-electron chi connectivity index (χ3n) is 3.79. The quantitative estimate of drug-likeness (QED) is 0.922. The number of carbonyl (C=O) groups is 2. The van der Waals surface area contributed by atoms with Gasteiger partial charge in [0.25, 0.3) is 5.91 Å². The van der Waals surface area contributed by atoms with E-state index in [2.05, 4.69) is 0 Å². The lowest BCUT2D eigenvalue weighted by Gasteiger charge is -2.35. The first-order valence-corrected chi connectivity index (χ1v) is 7.06. The lowest BCUT2D eigenvalue weighted by Crippen LogP contribution is -2.46. The summed E-state index contributed by atoms with van der Waals surface area (Å²) < 4.78 is 32.8. The fraction of sp³-hybridized carbons (Fsp3) is 0.467. The molecule has 0 radical (unpaired) electrons. The van der Waals surface area contributed by atoms with Gasteiger partial charge in [-0.3, -0.25) is 9.59 Å². The number of rotatable bonds is 4. The van der Waals surface area contributed by atoms with E-state index in [9.17, 15) is 18.4 Å². The van der Waals surface area contributed by atoms with Crippen molar-refractivity contribution >= 4 is 11.8 Å². The predicted octanol–water partition coefficient (Wildman–Crippen LogP) is 1.84. The van der Waals surface area contributed by atoms with Crippen molar-refractivity contribution in [1.29, 1.82) is 0 Å². The van der Waals surface area contributed by atoms with Crippen LogP contribution in [-0.2, 0) is 4.79 Å². The van der Waals surface area contributed by atoms with Crippen LogP contribution in [0.25, 0.3) is 0 Å². The van der Waals surface area contributed by atoms with Crippen LogP contribution >= 0.6 is 0 Å². The highest BCUT2D eigenvalue weighted by atomic mass is 19.1. The molecule has 1 aromatic rings. The largest absolute Gasteiger partial charge is 0.497 e. The SMILES string of the molecule is COc1cc(F)c(C(=O)N2CCCC[C@@H]2CC(N)=O)c(F)c1. The van der Waals surface area contributed by atoms with Gasteiger partial charge in [-0.1, -0.05) is 0 Å². The second kappa shape index (κ2) is 6.72. The highest BCUT2D eigenvalue weighted by Gasteiger charge is 2.32. The smallest absolute Gasteiger partial charge is 0.260 e. The molecule has 2 amide bonds. The Morgan fingerprint density at radius 2 is 1.95 bits per heavy atom. The molecule has 1 aliphatic rings. The van der Waals surface area contributed by atoms with Crippen molar-refractivity contribution in [2.24, 2.45) is 5.73 Å². The zero-order chi connectivity index (χ0) is 16.3. The topological polar surface area (TPSA) is 72.6 Å². The Kier molecular flexibility index (Phi) is 4.95. The van der Waals surface area contributed by atoms with E-state index in [-0.39, 0.29) is 12.2 Å². The predicted molar refractivity (Wildman–Crippen MR) is 75.4 cm³/mol. The summed E-state index contributed by atoms with van der Waals surface area (Å²) in [6, 6.07) is 1.51. The molecule has 1 aromatic carbocycles. The third kappa shape index (κ3) is 3.35. The summed E-state index contributed by atoms with van der Waals surface area (Å²) in [7, 11) is 1.28. The standard InChI is InChI=1S/C15H18F2N2O3/c1-22-10-7-11(16)14(12(17)8-10)15(21)19-5-3-2-4-9(19)6-13(18)20/h7-9H,2-6H2,1H3,(H2,18,20)/t9-/m1/s1. The van der Waals surface area contributed by atoms with Gasteiger partial charge in [0.2, 0.25) is 5.91 Å². The molecular weight excluding hydrogens is 294 g/mol. The first kappa shape index (κ1) is 16.2. The van der Waals surface area contributed by atoms with E-state index in [1.54, 1.807) is 0 Å². The molecule has 0 unspecified atom stereocenters. The normalized spacial score (nSPS) is 18.1. The van der Waals surface area contributed by atoms with Gasteiger partial charge in [0.15, 0.2) is 0 Å². The van der Waals surface area contributed by atoms with E-state index < -0.39 is 35.1 Å². The molecule has 5 nitrogen and oxygen atoms in total. The zero-order valence-electron chi connectivity index (χ0n) is 12.3. The number of nitrogens with zero attached hydrogens (tertiary/aromatic N) is 1. The first-order chi connectivity index (χ1) is 10.4. The molecule has 1 saturated heterocycles. The Bertz CT molecular complexity index is 569. The molecule has 0 spiro atoms. The van der Waals surface area contributed by atoms with E-state index in [1.807, 2.05) is 0 Å². The minimum Gasteiger partial charge on any atom is -0.497 e. The van der Waals surface area contributed by atoms with Crippen molar-refractivity contribution in [3.05, 3.63) is 29.3 Å². The Hall–Kier alpha value is -2.18. The molecule has 120 valence electrons. The monoisotopic (exact) mass is 312 g/mol. The summed E-state index contributed by atoms with van der Waals surface area (Å²) in [5.41, 5.74) is 4.55. The second-order valence-electron chi connectivity index (χ2n) is 5.28. The van der Waals surface area contributed by atoms with Crippen molar-refractivity contribution in [3.63, 3.8) is 0 Å². The van der Waals surface area contributed by atoms with Crippen LogP contribution < -0.4 is 10.5 Å². The maximum Gasteiger partial charge on any atom is 0.260 e. The van der Waals surface area contributed by atoms with Gasteiger partial charge in [-0.25, -0.2) is 8.78 Å². The van der Waals surface area contributed by atoms with E-state index in [0.29, 0.717) is 13.0 Å². The molecule has 2 rings (SSSR count). The van der Waals surface area contributed by atoms with E-state index in [1.165, 1.54) is 12.0 Å². The highest BCUT2D eigenvalue weighted by Crippen LogP contribution is 2.26. The number of hydrogen-bond acceptors (Lipinski definition) is 3. The van der Waals surface area contributed by atoms with Crippen LogP contribution in [0, 0.1) is 11.6 Å². The van der Waals surface area contributed by atoms with Crippen LogP contribution in [0.5, 0.6) is 5.75 Å². The van der Waals surface area contributed by atoms with Gasteiger partial charge >= 0.3 is 0 Å². The van der Waals surface area contributed by atoms with Crippen LogP contribution in [0.15, 0.2) is 12.1 Å². The summed E-state index contributed by atoms with van der Waals surface area (Å²) in [5, 5.41) is 0. The van der Waals surface area contributed by atoms with Crippen LogP contribution in [-0.4, -0.2) is 36.4 Å². The van der Waals surface area contributed by atoms with Gasteiger partial charge in [-0.05, 0) is 19.3 Å². The number of nitrogens with two attached hydrogens (primary N) is 1. The Morgan fingerprint density at radius 3 is 2.50 bits per heavy atom. The van der Waals surface area contributed by atoms with Crippen molar-refractivity contribution in [3.8, 4) is 5.75 Å². The average molecular weight is 312 g/mol. The summed E-state index contributed by atoms with van der Waals surface area (Å²) >= 11 is 0. The number of amides is 2. The van der Waals surface area contributed by atoms with Gasteiger partial charge in [-0.2, -0.15) is 0 Å². The molecule has 1 atom stereocenters. The van der Waals surface area contributed by atoms with Crippen molar-refractivity contribution < 1.29 is 23.1 Å². The molecule has 1 aliphatic heterocycles. The van der Waals surface area contributed by atoms with Crippen LogP contribution in [0.2, 0.25) is 0 Å². The molecule has 0 aliphatic carbocycles.